The van der Waals surface area contributed by atoms with Gasteiger partial charge in [-0.05, 0) is 92.0 Å². The minimum atomic E-state index is -0.531. The summed E-state index contributed by atoms with van der Waals surface area (Å²) in [7, 11) is 0. The van der Waals surface area contributed by atoms with E-state index in [0.29, 0.717) is 0 Å². The summed E-state index contributed by atoms with van der Waals surface area (Å²) in [5.41, 5.74) is 19.5. The van der Waals surface area contributed by atoms with E-state index in [1.165, 1.54) is 55.6 Å². The predicted molar refractivity (Wildman–Crippen MR) is 249 cm³/mol. The molecule has 2 aliphatic rings. The van der Waals surface area contributed by atoms with Gasteiger partial charge in [-0.2, -0.15) is 0 Å². The van der Waals surface area contributed by atoms with Gasteiger partial charge in [0, 0.05) is 38.7 Å². The van der Waals surface area contributed by atoms with Crippen LogP contribution in [0.4, 0.5) is 17.1 Å². The standard InChI is InChI=1S/C58H41NO/c1-57(2)50-28-13-9-22-42(50)44-34-32-40(36-52(44)57)59(54-30-15-11-24-46(54)48-26-17-27-49-47-25-12-16-31-55(47)60-56(48)49)41-33-35-45-43-23-10-14-29-51(43)58(53(45)37-41,38-18-5-3-6-19-38)39-20-7-4-8-21-39/h3-37H,1-2H3. The third-order valence-electron chi connectivity index (χ3n) is 13.4. The third-order valence-corrected chi connectivity index (χ3v) is 13.4. The van der Waals surface area contributed by atoms with E-state index < -0.39 is 5.41 Å². The minimum absolute atomic E-state index is 0.164. The molecule has 0 atom stereocenters. The van der Waals surface area contributed by atoms with E-state index in [1.54, 1.807) is 0 Å². The Hall–Kier alpha value is -7.42. The SMILES string of the molecule is CC1(C)c2ccccc2-c2ccc(N(c3ccc4c(c3)C(c3ccccc3)(c3ccccc3)c3ccccc3-4)c3ccccc3-c3cccc4c3oc3ccccc34)cc21. The van der Waals surface area contributed by atoms with E-state index in [9.17, 15) is 0 Å². The van der Waals surface area contributed by atoms with Gasteiger partial charge >= 0.3 is 0 Å². The van der Waals surface area contributed by atoms with Gasteiger partial charge in [-0.1, -0.05) is 190 Å². The maximum Gasteiger partial charge on any atom is 0.143 e. The van der Waals surface area contributed by atoms with E-state index in [0.717, 1.165) is 50.1 Å². The zero-order valence-corrected chi connectivity index (χ0v) is 33.6. The molecule has 2 aliphatic carbocycles. The molecule has 0 N–H and O–H groups in total. The van der Waals surface area contributed by atoms with Gasteiger partial charge in [0.2, 0.25) is 0 Å². The van der Waals surface area contributed by atoms with Crippen LogP contribution in [0.25, 0.3) is 55.3 Å². The number of anilines is 3. The van der Waals surface area contributed by atoms with E-state index >= 15 is 0 Å². The first kappa shape index (κ1) is 34.6. The minimum Gasteiger partial charge on any atom is -0.455 e. The molecule has 60 heavy (non-hydrogen) atoms. The summed E-state index contributed by atoms with van der Waals surface area (Å²) < 4.78 is 6.71. The van der Waals surface area contributed by atoms with Crippen LogP contribution in [0.5, 0.6) is 0 Å². The molecule has 0 unspecified atom stereocenters. The number of rotatable bonds is 6. The van der Waals surface area contributed by atoms with E-state index in [4.69, 9.17) is 4.42 Å². The second kappa shape index (κ2) is 13.0. The molecule has 284 valence electrons. The molecule has 0 aliphatic heterocycles. The van der Waals surface area contributed by atoms with Crippen LogP contribution in [-0.2, 0) is 10.8 Å². The molecule has 9 aromatic carbocycles. The van der Waals surface area contributed by atoms with Crippen molar-refractivity contribution in [3.8, 4) is 33.4 Å². The topological polar surface area (TPSA) is 16.4 Å². The van der Waals surface area contributed by atoms with E-state index in [2.05, 4.69) is 225 Å². The summed E-state index contributed by atoms with van der Waals surface area (Å²) in [6.07, 6.45) is 0. The molecule has 10 aromatic rings. The van der Waals surface area contributed by atoms with Crippen molar-refractivity contribution < 1.29 is 4.42 Å². The maximum absolute atomic E-state index is 6.71. The van der Waals surface area contributed by atoms with Gasteiger partial charge in [-0.15, -0.1) is 0 Å². The molecule has 12 rings (SSSR count). The van der Waals surface area contributed by atoms with Gasteiger partial charge < -0.3 is 9.32 Å². The molecular formula is C58H41NO. The fraction of sp³-hybridized carbons (Fsp3) is 0.0690. The lowest BCUT2D eigenvalue weighted by molar-refractivity contribution is 0.660. The highest BCUT2D eigenvalue weighted by Gasteiger charge is 2.46. The molecule has 0 spiro atoms. The van der Waals surface area contributed by atoms with Gasteiger partial charge in [-0.25, -0.2) is 0 Å². The Morgan fingerprint density at radius 2 is 0.867 bits per heavy atom. The average Bonchev–Trinajstić information content (AvgIpc) is 3.91. The summed E-state index contributed by atoms with van der Waals surface area (Å²) >= 11 is 0. The third kappa shape index (κ3) is 4.82. The number of fused-ring (bicyclic) bond motifs is 9. The Morgan fingerprint density at radius 3 is 1.58 bits per heavy atom. The highest BCUT2D eigenvalue weighted by molar-refractivity contribution is 6.11. The Morgan fingerprint density at radius 1 is 0.367 bits per heavy atom. The van der Waals surface area contributed by atoms with Crippen LogP contribution in [-0.4, -0.2) is 0 Å². The summed E-state index contributed by atoms with van der Waals surface area (Å²) in [6, 6.07) is 78.0. The van der Waals surface area contributed by atoms with E-state index in [1.807, 2.05) is 6.07 Å². The largest absolute Gasteiger partial charge is 0.455 e. The van der Waals surface area contributed by atoms with Crippen molar-refractivity contribution in [1.82, 2.24) is 0 Å². The lowest BCUT2D eigenvalue weighted by Crippen LogP contribution is -2.28. The van der Waals surface area contributed by atoms with Crippen molar-refractivity contribution >= 4 is 39.0 Å². The first-order valence-electron chi connectivity index (χ1n) is 20.9. The second-order valence-electron chi connectivity index (χ2n) is 16.8. The predicted octanol–water partition coefficient (Wildman–Crippen LogP) is 15.4. The van der Waals surface area contributed by atoms with Crippen LogP contribution < -0.4 is 4.90 Å². The van der Waals surface area contributed by atoms with Crippen molar-refractivity contribution in [2.24, 2.45) is 0 Å². The number of para-hydroxylation sites is 3. The number of hydrogen-bond donors (Lipinski definition) is 0. The van der Waals surface area contributed by atoms with Crippen LogP contribution in [0.2, 0.25) is 0 Å². The maximum atomic E-state index is 6.71. The summed E-state index contributed by atoms with van der Waals surface area (Å²) in [6.45, 7) is 4.73. The van der Waals surface area contributed by atoms with Crippen molar-refractivity contribution in [2.45, 2.75) is 24.7 Å². The van der Waals surface area contributed by atoms with Gasteiger partial charge in [0.25, 0.3) is 0 Å². The number of benzene rings is 9. The van der Waals surface area contributed by atoms with Crippen molar-refractivity contribution in [1.29, 1.82) is 0 Å². The summed E-state index contributed by atoms with van der Waals surface area (Å²) in [5, 5.41) is 2.24. The quantitative estimate of drug-likeness (QED) is 0.168. The Bertz CT molecular complexity index is 3260. The second-order valence-corrected chi connectivity index (χ2v) is 16.8. The van der Waals surface area contributed by atoms with Crippen molar-refractivity contribution in [2.75, 3.05) is 4.90 Å². The van der Waals surface area contributed by atoms with Crippen LogP contribution in [0, 0.1) is 0 Å². The van der Waals surface area contributed by atoms with Crippen molar-refractivity contribution in [3.63, 3.8) is 0 Å². The van der Waals surface area contributed by atoms with Gasteiger partial charge in [0.05, 0.1) is 11.1 Å². The lowest BCUT2D eigenvalue weighted by Gasteiger charge is -2.35. The normalized spacial score (nSPS) is 14.1. The molecule has 0 bridgehead atoms. The van der Waals surface area contributed by atoms with Crippen LogP contribution >= 0.6 is 0 Å². The highest BCUT2D eigenvalue weighted by Crippen LogP contribution is 2.58. The average molecular weight is 768 g/mol. The summed E-state index contributed by atoms with van der Waals surface area (Å²) in [5.74, 6) is 0. The molecule has 0 fully saturated rings. The van der Waals surface area contributed by atoms with Crippen LogP contribution in [0.3, 0.4) is 0 Å². The zero-order chi connectivity index (χ0) is 40.0. The molecule has 0 radical (unpaired) electrons. The number of hydrogen-bond acceptors (Lipinski definition) is 2. The molecule has 0 saturated heterocycles. The number of furan rings is 1. The van der Waals surface area contributed by atoms with E-state index in [-0.39, 0.29) is 5.41 Å². The Balaban J connectivity index is 1.15. The molecule has 1 aromatic heterocycles. The fourth-order valence-corrected chi connectivity index (χ4v) is 10.7. The molecule has 0 saturated carbocycles. The summed E-state index contributed by atoms with van der Waals surface area (Å²) in [4.78, 5) is 2.49. The monoisotopic (exact) mass is 767 g/mol. The molecular weight excluding hydrogens is 727 g/mol. The number of nitrogens with zero attached hydrogens (tertiary/aromatic N) is 1. The fourth-order valence-electron chi connectivity index (χ4n) is 10.7. The first-order valence-corrected chi connectivity index (χ1v) is 20.9. The Kier molecular flexibility index (Phi) is 7.52. The molecule has 1 heterocycles. The lowest BCUT2D eigenvalue weighted by atomic mass is 9.67. The zero-order valence-electron chi connectivity index (χ0n) is 33.6. The van der Waals surface area contributed by atoms with Gasteiger partial charge in [-0.3, -0.25) is 0 Å². The van der Waals surface area contributed by atoms with Gasteiger partial charge in [0.1, 0.15) is 11.2 Å². The highest BCUT2D eigenvalue weighted by atomic mass is 16.3. The van der Waals surface area contributed by atoms with Crippen LogP contribution in [0.1, 0.15) is 47.2 Å². The first-order chi connectivity index (χ1) is 29.5. The Labute approximate surface area is 350 Å². The molecule has 0 amide bonds. The van der Waals surface area contributed by atoms with Crippen LogP contribution in [0.15, 0.2) is 217 Å². The molecule has 2 heteroatoms. The molecule has 2 nitrogen and oxygen atoms in total. The van der Waals surface area contributed by atoms with Crippen molar-refractivity contribution in [3.05, 3.63) is 246 Å². The van der Waals surface area contributed by atoms with Gasteiger partial charge in [0.15, 0.2) is 0 Å². The smallest absolute Gasteiger partial charge is 0.143 e.